The Bertz CT molecular complexity index is 555. The lowest BCUT2D eigenvalue weighted by atomic mass is 10.2. The third-order valence-corrected chi connectivity index (χ3v) is 2.20. The number of rotatable bonds is 3. The average Bonchev–Trinajstić information content (AvgIpc) is 2.28. The number of likely N-dealkylation sites (N-methyl/N-ethyl adjacent to an activating group) is 1. The minimum absolute atomic E-state index is 0.172. The molecule has 0 fully saturated rings. The van der Waals surface area contributed by atoms with Gasteiger partial charge in [-0.15, -0.1) is 0 Å². The van der Waals surface area contributed by atoms with Gasteiger partial charge in [-0.05, 0) is 20.8 Å². The predicted octanol–water partition coefficient (Wildman–Crippen LogP) is -0.202. The van der Waals surface area contributed by atoms with Crippen LogP contribution in [0.2, 0.25) is 0 Å². The maximum absolute atomic E-state index is 11.7. The van der Waals surface area contributed by atoms with Crippen LogP contribution in [-0.2, 0) is 11.3 Å². The first-order chi connectivity index (χ1) is 8.70. The summed E-state index contributed by atoms with van der Waals surface area (Å²) in [4.78, 5) is 35.5. The Hall–Kier alpha value is -2.12. The number of carbonyl (C=O) groups excluding carboxylic acids is 1. The molecule has 1 rings (SSSR count). The van der Waals surface area contributed by atoms with Crippen LogP contribution in [0.1, 0.15) is 20.8 Å². The first-order valence-corrected chi connectivity index (χ1v) is 5.79. The Balaban J connectivity index is 2.62. The smallest absolute Gasteiger partial charge is 0.410 e. The van der Waals surface area contributed by atoms with E-state index in [1.165, 1.54) is 11.2 Å². The van der Waals surface area contributed by atoms with Crippen LogP contribution < -0.4 is 11.1 Å². The molecule has 0 spiro atoms. The molecule has 0 unspecified atom stereocenters. The quantitative estimate of drug-likeness (QED) is 0.767. The van der Waals surface area contributed by atoms with Gasteiger partial charge in [0.05, 0.1) is 0 Å². The van der Waals surface area contributed by atoms with E-state index >= 15 is 0 Å². The van der Waals surface area contributed by atoms with Crippen LogP contribution in [0.3, 0.4) is 0 Å². The number of aromatic nitrogens is 3. The van der Waals surface area contributed by atoms with E-state index in [0.29, 0.717) is 0 Å². The summed E-state index contributed by atoms with van der Waals surface area (Å²) in [5, 5.41) is 5.56. The molecule has 0 atom stereocenters. The highest BCUT2D eigenvalue weighted by Gasteiger charge is 2.19. The number of hydrogen-bond donors (Lipinski definition) is 1. The van der Waals surface area contributed by atoms with Gasteiger partial charge in [0.25, 0.3) is 0 Å². The van der Waals surface area contributed by atoms with Crippen molar-refractivity contribution < 1.29 is 9.53 Å². The van der Waals surface area contributed by atoms with E-state index in [1.807, 2.05) is 5.10 Å². The molecule has 1 aromatic rings. The first-order valence-electron chi connectivity index (χ1n) is 5.79. The van der Waals surface area contributed by atoms with E-state index in [2.05, 4.69) is 5.10 Å². The van der Waals surface area contributed by atoms with Crippen LogP contribution in [0.15, 0.2) is 15.9 Å². The number of amides is 1. The summed E-state index contributed by atoms with van der Waals surface area (Å²) in [5.74, 6) is 0. The Morgan fingerprint density at radius 2 is 2.11 bits per heavy atom. The largest absolute Gasteiger partial charge is 0.444 e. The Morgan fingerprint density at radius 3 is 2.68 bits per heavy atom. The first kappa shape index (κ1) is 14.9. The van der Waals surface area contributed by atoms with Gasteiger partial charge in [0, 0.05) is 20.1 Å². The van der Waals surface area contributed by atoms with Crippen molar-refractivity contribution in [1.82, 2.24) is 19.7 Å². The van der Waals surface area contributed by atoms with E-state index in [0.717, 1.165) is 4.57 Å². The molecule has 19 heavy (non-hydrogen) atoms. The zero-order valence-electron chi connectivity index (χ0n) is 11.5. The second-order valence-corrected chi connectivity index (χ2v) is 5.09. The second-order valence-electron chi connectivity index (χ2n) is 5.09. The van der Waals surface area contributed by atoms with E-state index < -0.39 is 22.8 Å². The molecule has 1 amide bonds. The van der Waals surface area contributed by atoms with Crippen molar-refractivity contribution in [3.05, 3.63) is 27.0 Å². The lowest BCUT2D eigenvalue weighted by molar-refractivity contribution is 0.0293. The predicted molar refractivity (Wildman–Crippen MR) is 68.0 cm³/mol. The van der Waals surface area contributed by atoms with Crippen LogP contribution in [0.4, 0.5) is 4.79 Å². The Kier molecular flexibility index (Phi) is 4.47. The number of ether oxygens (including phenoxy) is 1. The molecule has 1 heterocycles. The number of carbonyl (C=O) groups is 1. The van der Waals surface area contributed by atoms with Gasteiger partial charge in [0.2, 0.25) is 0 Å². The highest BCUT2D eigenvalue weighted by Crippen LogP contribution is 2.08. The summed E-state index contributed by atoms with van der Waals surface area (Å²) in [6, 6.07) is 0. The van der Waals surface area contributed by atoms with E-state index in [9.17, 15) is 14.4 Å². The Morgan fingerprint density at radius 1 is 1.47 bits per heavy atom. The van der Waals surface area contributed by atoms with Crippen molar-refractivity contribution in [2.45, 2.75) is 32.9 Å². The minimum atomic E-state index is -0.789. The fraction of sp³-hybridized carbons (Fsp3) is 0.636. The molecule has 8 nitrogen and oxygen atoms in total. The zero-order valence-corrected chi connectivity index (χ0v) is 11.5. The third kappa shape index (κ3) is 4.57. The number of aromatic amines is 1. The summed E-state index contributed by atoms with van der Waals surface area (Å²) >= 11 is 0. The monoisotopic (exact) mass is 270 g/mol. The van der Waals surface area contributed by atoms with Gasteiger partial charge in [0.15, 0.2) is 0 Å². The highest BCUT2D eigenvalue weighted by molar-refractivity contribution is 5.67. The highest BCUT2D eigenvalue weighted by atomic mass is 16.6. The summed E-state index contributed by atoms with van der Waals surface area (Å²) < 4.78 is 6.30. The molecular weight excluding hydrogens is 252 g/mol. The maximum Gasteiger partial charge on any atom is 0.410 e. The lowest BCUT2D eigenvalue weighted by Crippen LogP contribution is -2.40. The van der Waals surface area contributed by atoms with Gasteiger partial charge < -0.3 is 9.64 Å². The molecule has 0 bridgehead atoms. The summed E-state index contributed by atoms with van der Waals surface area (Å²) in [5.41, 5.74) is -2.07. The van der Waals surface area contributed by atoms with E-state index in [4.69, 9.17) is 4.74 Å². The van der Waals surface area contributed by atoms with Crippen molar-refractivity contribution in [2.24, 2.45) is 0 Å². The molecule has 0 saturated heterocycles. The molecule has 0 saturated carbocycles. The fourth-order valence-corrected chi connectivity index (χ4v) is 1.24. The van der Waals surface area contributed by atoms with Crippen molar-refractivity contribution in [3.8, 4) is 0 Å². The minimum Gasteiger partial charge on any atom is -0.444 e. The van der Waals surface area contributed by atoms with Crippen molar-refractivity contribution >= 4 is 6.09 Å². The van der Waals surface area contributed by atoms with Crippen LogP contribution in [0.5, 0.6) is 0 Å². The van der Waals surface area contributed by atoms with Gasteiger partial charge >= 0.3 is 17.2 Å². The summed E-state index contributed by atoms with van der Waals surface area (Å²) in [7, 11) is 1.56. The van der Waals surface area contributed by atoms with Crippen molar-refractivity contribution in [2.75, 3.05) is 13.6 Å². The molecule has 1 aromatic heterocycles. The fourth-order valence-electron chi connectivity index (χ4n) is 1.24. The SMILES string of the molecule is CN(CCn1cn[nH]c(=O)c1=O)C(=O)OC(C)(C)C. The Labute approximate surface area is 110 Å². The van der Waals surface area contributed by atoms with Crippen LogP contribution in [-0.4, -0.2) is 45.0 Å². The second kappa shape index (κ2) is 5.68. The number of nitrogens with zero attached hydrogens (tertiary/aromatic N) is 3. The number of hydrogen-bond acceptors (Lipinski definition) is 5. The molecule has 0 aliphatic carbocycles. The van der Waals surface area contributed by atoms with Gasteiger partial charge in [-0.2, -0.15) is 5.10 Å². The number of H-pyrrole nitrogens is 1. The molecule has 0 aromatic carbocycles. The zero-order chi connectivity index (χ0) is 14.6. The van der Waals surface area contributed by atoms with Crippen molar-refractivity contribution in [1.29, 1.82) is 0 Å². The molecule has 0 aliphatic rings. The molecular formula is C11H18N4O4. The number of nitrogens with one attached hydrogen (secondary N) is 1. The van der Waals surface area contributed by atoms with Gasteiger partial charge in [0.1, 0.15) is 11.9 Å². The van der Waals surface area contributed by atoms with Gasteiger partial charge in [-0.25, -0.2) is 9.89 Å². The molecule has 0 aliphatic heterocycles. The van der Waals surface area contributed by atoms with Gasteiger partial charge in [-0.1, -0.05) is 0 Å². The normalized spacial score (nSPS) is 11.2. The van der Waals surface area contributed by atoms with Crippen LogP contribution >= 0.6 is 0 Å². The maximum atomic E-state index is 11.7. The molecule has 0 radical (unpaired) electrons. The van der Waals surface area contributed by atoms with Crippen LogP contribution in [0, 0.1) is 0 Å². The molecule has 106 valence electrons. The standard InChI is InChI=1S/C11H18N4O4/c1-11(2,3)19-10(18)14(4)5-6-15-7-12-13-8(16)9(15)17/h7H,5-6H2,1-4H3,(H,13,16). The summed E-state index contributed by atoms with van der Waals surface area (Å²) in [6.45, 7) is 5.71. The lowest BCUT2D eigenvalue weighted by Gasteiger charge is -2.24. The third-order valence-electron chi connectivity index (χ3n) is 2.20. The molecule has 8 heteroatoms. The molecule has 1 N–H and O–H groups in total. The van der Waals surface area contributed by atoms with Gasteiger partial charge in [-0.3, -0.25) is 14.2 Å². The van der Waals surface area contributed by atoms with E-state index in [1.54, 1.807) is 27.8 Å². The van der Waals surface area contributed by atoms with E-state index in [-0.39, 0.29) is 13.1 Å². The van der Waals surface area contributed by atoms with Crippen molar-refractivity contribution in [3.63, 3.8) is 0 Å². The average molecular weight is 270 g/mol. The topological polar surface area (TPSA) is 97.3 Å². The van der Waals surface area contributed by atoms with Crippen LogP contribution in [0.25, 0.3) is 0 Å². The summed E-state index contributed by atoms with van der Waals surface area (Å²) in [6.07, 6.45) is 0.727.